The molecule has 0 unspecified atom stereocenters. The minimum atomic E-state index is -1.82. The Kier molecular flexibility index (Phi) is 6.42. The molecule has 0 aliphatic heterocycles. The minimum Gasteiger partial charge on any atom is -0.481 e. The fourth-order valence-electron chi connectivity index (χ4n) is 7.39. The Morgan fingerprint density at radius 3 is 2.55 bits per heavy atom. The van der Waals surface area contributed by atoms with E-state index in [0.717, 1.165) is 5.57 Å². The van der Waals surface area contributed by atoms with Crippen LogP contribution in [-0.2, 0) is 9.59 Å². The first-order valence-electron chi connectivity index (χ1n) is 10.5. The zero-order valence-electron chi connectivity index (χ0n) is 17.7. The van der Waals surface area contributed by atoms with Crippen LogP contribution in [-0.4, -0.2) is 95.8 Å². The molecule has 3 fully saturated rings. The van der Waals surface area contributed by atoms with Gasteiger partial charge in [0, 0.05) is 81.0 Å². The molecule has 0 heterocycles. The second kappa shape index (κ2) is 7.75. The van der Waals surface area contributed by atoms with Crippen molar-refractivity contribution in [3.8, 4) is 0 Å². The largest absolute Gasteiger partial charge is 0.481 e. The fourth-order valence-corrected chi connectivity index (χ4v) is 7.39. The number of hydrogen-bond donors (Lipinski definition) is 3. The smallest absolute Gasteiger partial charge is 0.303 e. The van der Waals surface area contributed by atoms with Crippen molar-refractivity contribution in [2.24, 2.45) is 22.7 Å². The minimum absolute atomic E-state index is 0. The third-order valence-corrected chi connectivity index (χ3v) is 9.12. The summed E-state index contributed by atoms with van der Waals surface area (Å²) >= 11 is 0. The summed E-state index contributed by atoms with van der Waals surface area (Å²) in [6.45, 7) is 3.77. The van der Waals surface area contributed by atoms with E-state index < -0.39 is 40.1 Å². The number of rotatable bonds is 3. The molecule has 3 N–H and O–H groups in total. The van der Waals surface area contributed by atoms with Crippen LogP contribution in [0.25, 0.3) is 0 Å². The topological polar surface area (TPSA) is 94.8 Å². The predicted molar refractivity (Wildman–Crippen MR) is 106 cm³/mol. The number of carbonyl (C=O) groups excluding carboxylic acids is 1. The molecule has 1 radical (unpaired) electrons. The molecule has 157 valence electrons. The number of halogens is 1. The maximum Gasteiger partial charge on any atom is 0.303 e. The van der Waals surface area contributed by atoms with Gasteiger partial charge in [0.2, 0.25) is 0 Å². The van der Waals surface area contributed by atoms with Crippen molar-refractivity contribution in [2.75, 3.05) is 0 Å². The number of aliphatic hydroxyl groups is 2. The predicted octanol–water partition coefficient (Wildman–Crippen LogP) is 2.80. The van der Waals surface area contributed by atoms with E-state index in [0.29, 0.717) is 38.5 Å². The molecule has 0 aromatic heterocycles. The average molecular weight is 434 g/mol. The first-order valence-corrected chi connectivity index (χ1v) is 10.5. The zero-order valence-corrected chi connectivity index (χ0v) is 20.8. The number of hydrogen-bond acceptors (Lipinski definition) is 4. The van der Waals surface area contributed by atoms with Crippen LogP contribution in [0.5, 0.6) is 0 Å². The Hall–Kier alpha value is 0.366. The molecule has 3 saturated carbocycles. The van der Waals surface area contributed by atoms with Crippen LogP contribution in [0.1, 0.15) is 71.6 Å². The van der Waals surface area contributed by atoms with E-state index in [-0.39, 0.29) is 82.3 Å². The molecule has 4 aliphatic rings. The summed E-state index contributed by atoms with van der Waals surface area (Å²) < 4.78 is 16.9. The maximum absolute atomic E-state index is 16.9. The second-order valence-electron chi connectivity index (χ2n) is 10.1. The second-order valence-corrected chi connectivity index (χ2v) is 10.1. The summed E-state index contributed by atoms with van der Waals surface area (Å²) in [5.41, 5.74) is -3.75. The van der Waals surface area contributed by atoms with Gasteiger partial charge in [0.25, 0.3) is 0 Å². The molecule has 0 aromatic rings. The van der Waals surface area contributed by atoms with Crippen LogP contribution in [0.15, 0.2) is 11.6 Å². The van der Waals surface area contributed by atoms with Crippen molar-refractivity contribution in [3.05, 3.63) is 11.6 Å². The summed E-state index contributed by atoms with van der Waals surface area (Å²) in [6, 6.07) is 0. The van der Waals surface area contributed by atoms with E-state index in [1.807, 2.05) is 13.8 Å². The maximum atomic E-state index is 16.9. The van der Waals surface area contributed by atoms with Gasteiger partial charge in [0.15, 0.2) is 5.78 Å². The number of carboxylic acids is 1. The van der Waals surface area contributed by atoms with Crippen LogP contribution in [0.4, 0.5) is 4.39 Å². The summed E-state index contributed by atoms with van der Waals surface area (Å²) in [7, 11) is 0. The zero-order chi connectivity index (χ0) is 20.5. The molecule has 5 nitrogen and oxygen atoms in total. The quantitative estimate of drug-likeness (QED) is 0.595. The van der Waals surface area contributed by atoms with E-state index in [2.05, 4.69) is 0 Å². The van der Waals surface area contributed by atoms with E-state index in [9.17, 15) is 19.8 Å². The van der Waals surface area contributed by atoms with Crippen LogP contribution in [0.3, 0.4) is 0 Å². The Morgan fingerprint density at radius 1 is 1.21 bits per heavy atom. The van der Waals surface area contributed by atoms with E-state index >= 15 is 4.39 Å². The normalized spacial score (nSPS) is 48.7. The first-order chi connectivity index (χ1) is 13.0. The number of aliphatic hydroxyl groups excluding tert-OH is 1. The van der Waals surface area contributed by atoms with Gasteiger partial charge in [-0.3, -0.25) is 9.59 Å². The molecule has 0 saturated heterocycles. The summed E-state index contributed by atoms with van der Waals surface area (Å²) in [5.74, 6) is -1.41. The van der Waals surface area contributed by atoms with Gasteiger partial charge in [-0.05, 0) is 56.9 Å². The Labute approximate surface area is 213 Å². The van der Waals surface area contributed by atoms with Crippen LogP contribution < -0.4 is 0 Å². The average Bonchev–Trinajstić information content (AvgIpc) is 2.87. The molecule has 0 bridgehead atoms. The molecule has 4 rings (SSSR count). The van der Waals surface area contributed by atoms with Gasteiger partial charge < -0.3 is 15.3 Å². The molecule has 4 aliphatic carbocycles. The molecule has 0 aromatic carbocycles. The van der Waals surface area contributed by atoms with Gasteiger partial charge in [-0.25, -0.2) is 4.39 Å². The monoisotopic (exact) mass is 433 g/mol. The van der Waals surface area contributed by atoms with E-state index in [1.165, 1.54) is 0 Å². The summed E-state index contributed by atoms with van der Waals surface area (Å²) in [5, 5.41) is 31.6. The Morgan fingerprint density at radius 2 is 1.90 bits per heavy atom. The number of allylic oxidation sites excluding steroid dienone is 1. The van der Waals surface area contributed by atoms with Crippen LogP contribution >= 0.6 is 0 Å². The first kappa shape index (κ1) is 24.0. The summed E-state index contributed by atoms with van der Waals surface area (Å²) in [4.78, 5) is 23.0. The van der Waals surface area contributed by atoms with Gasteiger partial charge in [-0.1, -0.05) is 19.4 Å². The molecular formula is C22H31FKO5. The number of ketones is 1. The number of alkyl halides is 1. The van der Waals surface area contributed by atoms with Gasteiger partial charge in [0.1, 0.15) is 5.67 Å². The summed E-state index contributed by atoms with van der Waals surface area (Å²) in [6.07, 6.45) is 3.47. The fraction of sp³-hybridized carbons (Fsp3) is 0.818. The van der Waals surface area contributed by atoms with Crippen molar-refractivity contribution >= 4 is 63.1 Å². The SMILES string of the molecule is C[C@]12CCC(=O)C=C1CC[C@H]1[C@@H]3CC[C@@](O)(CCC(=O)O)[C@@]3(C)C[C@H](O)[C@@]12F.[K]. The molecule has 0 spiro atoms. The molecule has 29 heavy (non-hydrogen) atoms. The number of carboxylic acid groups (broad SMARTS) is 1. The van der Waals surface area contributed by atoms with Crippen molar-refractivity contribution < 1.29 is 29.3 Å². The Bertz CT molecular complexity index is 755. The van der Waals surface area contributed by atoms with Crippen LogP contribution in [0, 0.1) is 22.7 Å². The molecule has 0 amide bonds. The van der Waals surface area contributed by atoms with E-state index in [4.69, 9.17) is 5.11 Å². The third kappa shape index (κ3) is 3.21. The number of aliphatic carboxylic acids is 1. The number of fused-ring (bicyclic) bond motifs is 5. The molecular weight excluding hydrogens is 402 g/mol. The van der Waals surface area contributed by atoms with Gasteiger partial charge >= 0.3 is 5.97 Å². The van der Waals surface area contributed by atoms with Gasteiger partial charge in [-0.2, -0.15) is 0 Å². The van der Waals surface area contributed by atoms with Gasteiger partial charge in [-0.15, -0.1) is 0 Å². The molecule has 7 atom stereocenters. The van der Waals surface area contributed by atoms with Crippen molar-refractivity contribution in [2.45, 2.75) is 89.0 Å². The van der Waals surface area contributed by atoms with Gasteiger partial charge in [0.05, 0.1) is 11.7 Å². The standard InChI is InChI=1S/C22H31FO5.K/c1-19-8-5-14(24)11-13(19)3-4-16-15-6-9-21(28,10-7-18(26)27)20(15,2)12-17(25)22(16,19)23;/h11,15-17,25,28H,3-10,12H2,1-2H3,(H,26,27);/t15-,16-,17-,19-,20-,21+,22-;/m0./s1. The van der Waals surface area contributed by atoms with Crippen molar-refractivity contribution in [1.29, 1.82) is 0 Å². The van der Waals surface area contributed by atoms with Crippen molar-refractivity contribution in [3.63, 3.8) is 0 Å². The Balaban J connectivity index is 0.00000240. The molecule has 7 heteroatoms. The third-order valence-electron chi connectivity index (χ3n) is 9.12. The number of carbonyl (C=O) groups is 2. The van der Waals surface area contributed by atoms with Crippen molar-refractivity contribution in [1.82, 2.24) is 0 Å². The van der Waals surface area contributed by atoms with Crippen LogP contribution in [0.2, 0.25) is 0 Å². The van der Waals surface area contributed by atoms with E-state index in [1.54, 1.807) is 6.08 Å².